The number of rotatable bonds is 4. The number of aliphatic hydroxyl groups is 1. The first kappa shape index (κ1) is 20.6. The molecule has 0 aliphatic heterocycles. The molecule has 0 radical (unpaired) electrons. The zero-order chi connectivity index (χ0) is 20.7. The highest BCUT2D eigenvalue weighted by molar-refractivity contribution is 7.93. The molecule has 4 atom stereocenters. The Bertz CT molecular complexity index is 1060. The van der Waals surface area contributed by atoms with Crippen molar-refractivity contribution < 1.29 is 21.9 Å². The van der Waals surface area contributed by atoms with Crippen molar-refractivity contribution in [2.45, 2.75) is 64.4 Å². The van der Waals surface area contributed by atoms with Gasteiger partial charge in [0.15, 0.2) is 19.7 Å². The standard InChI is InChI=1S/C22H26O5S2/c23-22-14-8-7-9-17(22)15-20(28(24,25)18-10-3-1-4-11-18)16-21(22)29(26,27)19-12-5-2-6-13-19/h1-6,10-13,17,20-21,23H,7-9,14-16H2/t17-,20-,21+,22+/m1/s1. The Morgan fingerprint density at radius 1 is 0.759 bits per heavy atom. The van der Waals surface area contributed by atoms with Gasteiger partial charge in [0.05, 0.1) is 25.9 Å². The third kappa shape index (κ3) is 3.53. The van der Waals surface area contributed by atoms with E-state index in [4.69, 9.17) is 0 Å². The highest BCUT2D eigenvalue weighted by atomic mass is 32.2. The summed E-state index contributed by atoms with van der Waals surface area (Å²) in [5.41, 5.74) is -1.38. The van der Waals surface area contributed by atoms with E-state index in [9.17, 15) is 21.9 Å². The fraction of sp³-hybridized carbons (Fsp3) is 0.455. The van der Waals surface area contributed by atoms with Crippen molar-refractivity contribution in [3.63, 3.8) is 0 Å². The van der Waals surface area contributed by atoms with Crippen LogP contribution in [0.25, 0.3) is 0 Å². The Kier molecular flexibility index (Phi) is 5.34. The monoisotopic (exact) mass is 434 g/mol. The Morgan fingerprint density at radius 3 is 1.90 bits per heavy atom. The Balaban J connectivity index is 1.78. The number of fused-ring (bicyclic) bond motifs is 1. The van der Waals surface area contributed by atoms with Gasteiger partial charge in [-0.15, -0.1) is 0 Å². The van der Waals surface area contributed by atoms with E-state index in [1.54, 1.807) is 48.5 Å². The molecule has 156 valence electrons. The van der Waals surface area contributed by atoms with E-state index in [1.165, 1.54) is 12.1 Å². The summed E-state index contributed by atoms with van der Waals surface area (Å²) in [6, 6.07) is 16.3. The van der Waals surface area contributed by atoms with Gasteiger partial charge in [-0.2, -0.15) is 0 Å². The van der Waals surface area contributed by atoms with Crippen molar-refractivity contribution >= 4 is 19.7 Å². The van der Waals surface area contributed by atoms with Crippen molar-refractivity contribution in [1.82, 2.24) is 0 Å². The highest BCUT2D eigenvalue weighted by Gasteiger charge is 2.57. The van der Waals surface area contributed by atoms with E-state index in [-0.39, 0.29) is 22.1 Å². The average molecular weight is 435 g/mol. The molecule has 2 aliphatic rings. The van der Waals surface area contributed by atoms with Crippen LogP contribution in [0.2, 0.25) is 0 Å². The first-order valence-electron chi connectivity index (χ1n) is 10.1. The van der Waals surface area contributed by atoms with Gasteiger partial charge in [-0.25, -0.2) is 16.8 Å². The van der Waals surface area contributed by atoms with Gasteiger partial charge in [0.2, 0.25) is 0 Å². The molecule has 2 saturated carbocycles. The molecule has 4 rings (SSSR count). The SMILES string of the molecule is O=S(=O)(c1ccccc1)[C@@H]1C[C@H]2CCCC[C@@]2(O)[C@@H](S(=O)(=O)c2ccccc2)C1. The number of sulfone groups is 2. The van der Waals surface area contributed by atoms with Crippen molar-refractivity contribution in [3.8, 4) is 0 Å². The summed E-state index contributed by atoms with van der Waals surface area (Å²) >= 11 is 0. The van der Waals surface area contributed by atoms with Gasteiger partial charge < -0.3 is 5.11 Å². The maximum absolute atomic E-state index is 13.5. The van der Waals surface area contributed by atoms with Crippen molar-refractivity contribution in [1.29, 1.82) is 0 Å². The zero-order valence-electron chi connectivity index (χ0n) is 16.1. The van der Waals surface area contributed by atoms with Crippen molar-refractivity contribution in [2.24, 2.45) is 5.92 Å². The molecule has 2 aromatic carbocycles. The third-order valence-electron chi connectivity index (χ3n) is 6.63. The summed E-state index contributed by atoms with van der Waals surface area (Å²) < 4.78 is 53.6. The van der Waals surface area contributed by atoms with Crippen molar-refractivity contribution in [2.75, 3.05) is 0 Å². The Hall–Kier alpha value is -1.70. The highest BCUT2D eigenvalue weighted by Crippen LogP contribution is 2.49. The molecule has 0 aromatic heterocycles. The minimum Gasteiger partial charge on any atom is -0.388 e. The lowest BCUT2D eigenvalue weighted by molar-refractivity contribution is -0.0699. The first-order chi connectivity index (χ1) is 13.8. The molecule has 0 saturated heterocycles. The lowest BCUT2D eigenvalue weighted by atomic mass is 9.67. The molecule has 0 amide bonds. The smallest absolute Gasteiger partial charge is 0.184 e. The van der Waals surface area contributed by atoms with E-state index in [0.29, 0.717) is 19.3 Å². The summed E-state index contributed by atoms with van der Waals surface area (Å²) in [6.07, 6.45) is 2.90. The first-order valence-corrected chi connectivity index (χ1v) is 13.2. The lowest BCUT2D eigenvalue weighted by Gasteiger charge is -2.50. The Labute approximate surface area is 172 Å². The zero-order valence-corrected chi connectivity index (χ0v) is 17.8. The van der Waals surface area contributed by atoms with Crippen LogP contribution in [0, 0.1) is 5.92 Å². The van der Waals surface area contributed by atoms with E-state index >= 15 is 0 Å². The van der Waals surface area contributed by atoms with Crippen LogP contribution < -0.4 is 0 Å². The number of hydrogen-bond acceptors (Lipinski definition) is 5. The summed E-state index contributed by atoms with van der Waals surface area (Å²) in [5.74, 6) is -0.336. The average Bonchev–Trinajstić information content (AvgIpc) is 2.73. The molecule has 5 nitrogen and oxygen atoms in total. The quantitative estimate of drug-likeness (QED) is 0.797. The minimum atomic E-state index is -3.88. The van der Waals surface area contributed by atoms with Crippen molar-refractivity contribution in [3.05, 3.63) is 60.7 Å². The number of hydrogen-bond donors (Lipinski definition) is 1. The lowest BCUT2D eigenvalue weighted by Crippen LogP contribution is -2.59. The van der Waals surface area contributed by atoms with E-state index < -0.39 is 35.8 Å². The molecular formula is C22H26O5S2. The topological polar surface area (TPSA) is 88.5 Å². The molecule has 29 heavy (non-hydrogen) atoms. The van der Waals surface area contributed by atoms with Crippen LogP contribution in [0.3, 0.4) is 0 Å². The van der Waals surface area contributed by atoms with Gasteiger partial charge >= 0.3 is 0 Å². The van der Waals surface area contributed by atoms with Crippen LogP contribution >= 0.6 is 0 Å². The second kappa shape index (κ2) is 7.52. The molecule has 0 bridgehead atoms. The minimum absolute atomic E-state index is 0.0819. The van der Waals surface area contributed by atoms with Crippen LogP contribution in [0.5, 0.6) is 0 Å². The largest absolute Gasteiger partial charge is 0.388 e. The predicted octanol–water partition coefficient (Wildman–Crippen LogP) is 3.39. The van der Waals surface area contributed by atoms with Gasteiger partial charge in [-0.1, -0.05) is 49.2 Å². The van der Waals surface area contributed by atoms with E-state index in [0.717, 1.165) is 12.8 Å². The molecular weight excluding hydrogens is 408 g/mol. The predicted molar refractivity (Wildman–Crippen MR) is 111 cm³/mol. The summed E-state index contributed by atoms with van der Waals surface area (Å²) in [5, 5.41) is 9.58. The van der Waals surface area contributed by atoms with E-state index in [1.807, 2.05) is 0 Å². The van der Waals surface area contributed by atoms with Crippen LogP contribution in [0.1, 0.15) is 38.5 Å². The molecule has 0 spiro atoms. The van der Waals surface area contributed by atoms with Crippen LogP contribution in [-0.4, -0.2) is 38.0 Å². The fourth-order valence-electron chi connectivity index (χ4n) is 5.08. The molecule has 0 heterocycles. The maximum Gasteiger partial charge on any atom is 0.184 e. The molecule has 0 unspecified atom stereocenters. The second-order valence-corrected chi connectivity index (χ2v) is 12.6. The molecule has 2 fully saturated rings. The Morgan fingerprint density at radius 2 is 1.31 bits per heavy atom. The van der Waals surface area contributed by atoms with Gasteiger partial charge in [0.25, 0.3) is 0 Å². The molecule has 1 N–H and O–H groups in total. The number of benzene rings is 2. The van der Waals surface area contributed by atoms with Crippen LogP contribution in [0.15, 0.2) is 70.5 Å². The summed E-state index contributed by atoms with van der Waals surface area (Å²) in [6.45, 7) is 0. The van der Waals surface area contributed by atoms with Gasteiger partial charge in [-0.3, -0.25) is 0 Å². The molecule has 7 heteroatoms. The van der Waals surface area contributed by atoms with E-state index in [2.05, 4.69) is 0 Å². The van der Waals surface area contributed by atoms with Crippen LogP contribution in [0.4, 0.5) is 0 Å². The third-order valence-corrected chi connectivity index (χ3v) is 11.1. The summed E-state index contributed by atoms with van der Waals surface area (Å²) in [7, 11) is -7.57. The van der Waals surface area contributed by atoms with Crippen LogP contribution in [-0.2, 0) is 19.7 Å². The second-order valence-electron chi connectivity index (χ2n) is 8.23. The fourth-order valence-corrected chi connectivity index (χ4v) is 9.25. The molecule has 2 aliphatic carbocycles. The normalized spacial score (nSPS) is 30.4. The van der Waals surface area contributed by atoms with Gasteiger partial charge in [0, 0.05) is 0 Å². The van der Waals surface area contributed by atoms with Gasteiger partial charge in [0.1, 0.15) is 0 Å². The summed E-state index contributed by atoms with van der Waals surface area (Å²) in [4.78, 5) is 0.350. The van der Waals surface area contributed by atoms with Gasteiger partial charge in [-0.05, 0) is 55.9 Å². The maximum atomic E-state index is 13.5. The molecule has 2 aromatic rings.